The van der Waals surface area contributed by atoms with E-state index in [2.05, 4.69) is 11.9 Å². The summed E-state index contributed by atoms with van der Waals surface area (Å²) >= 11 is 0. The van der Waals surface area contributed by atoms with Gasteiger partial charge in [0.15, 0.2) is 0 Å². The molecule has 3 N–H and O–H groups in total. The Labute approximate surface area is 252 Å². The number of hydrogen-bond acceptors (Lipinski definition) is 7. The lowest BCUT2D eigenvalue weighted by molar-refractivity contribution is -0.142. The number of carbonyl (C=O) groups is 4. The molecule has 0 bridgehead atoms. The van der Waals surface area contributed by atoms with Crippen molar-refractivity contribution in [3.05, 3.63) is 48.1 Å². The minimum atomic E-state index is -0.984. The highest BCUT2D eigenvalue weighted by molar-refractivity contribution is 5.99. The number of nitrogens with one attached hydrogen (secondary N) is 1. The van der Waals surface area contributed by atoms with Gasteiger partial charge in [0, 0.05) is 35.8 Å². The fourth-order valence-corrected chi connectivity index (χ4v) is 4.88. The van der Waals surface area contributed by atoms with Gasteiger partial charge in [0.2, 0.25) is 5.91 Å². The van der Waals surface area contributed by atoms with Crippen LogP contribution < -0.4 is 5.32 Å². The van der Waals surface area contributed by atoms with Crippen LogP contribution in [0.15, 0.2) is 48.1 Å². The number of rotatable bonds is 7. The third kappa shape index (κ3) is 13.4. The summed E-state index contributed by atoms with van der Waals surface area (Å²) in [5.41, 5.74) is 1.17. The Morgan fingerprint density at radius 1 is 1.10 bits per heavy atom. The number of aliphatic hydroxyl groups is 2. The van der Waals surface area contributed by atoms with Crippen LogP contribution in [-0.2, 0) is 23.9 Å². The summed E-state index contributed by atoms with van der Waals surface area (Å²) in [6, 6.07) is -0.291. The quantitative estimate of drug-likeness (QED) is 0.162. The Morgan fingerprint density at radius 2 is 1.76 bits per heavy atom. The summed E-state index contributed by atoms with van der Waals surface area (Å²) in [6.45, 7) is 16.1. The number of ketones is 2. The van der Waals surface area contributed by atoms with Crippen LogP contribution in [0.5, 0.6) is 0 Å². The zero-order valence-electron chi connectivity index (χ0n) is 26.6. The zero-order valence-corrected chi connectivity index (χ0v) is 26.6. The highest BCUT2D eigenvalue weighted by Crippen LogP contribution is 2.22. The smallest absolute Gasteiger partial charge is 0.333 e. The third-order valence-electron chi connectivity index (χ3n) is 8.11. The SMILES string of the molecule is C=C/C=C(\C)[C@H](O)CC[C@H](C)/C=C/[C@@H]1CC[C@@H](C)C(=O)CC(=O)N[C@@H](C)CCC(=O)[C@H](C)[C@@H](O)[C@@H](C)/C=C(/C)C(=O)O1. The molecule has 0 aromatic heterocycles. The first-order valence-corrected chi connectivity index (χ1v) is 15.2. The molecule has 0 unspecified atom stereocenters. The third-order valence-corrected chi connectivity index (χ3v) is 8.11. The molecule has 0 saturated carbocycles. The van der Waals surface area contributed by atoms with Crippen LogP contribution in [-0.4, -0.2) is 58.0 Å². The summed E-state index contributed by atoms with van der Waals surface area (Å²) in [5, 5.41) is 23.9. The Kier molecular flexibility index (Phi) is 16.5. The number of hydrogen-bond donors (Lipinski definition) is 3. The van der Waals surface area contributed by atoms with E-state index in [1.54, 1.807) is 52.8 Å². The predicted octanol–water partition coefficient (Wildman–Crippen LogP) is 5.19. The minimum Gasteiger partial charge on any atom is -0.455 e. The average molecular weight is 588 g/mol. The summed E-state index contributed by atoms with van der Waals surface area (Å²) in [7, 11) is 0. The summed E-state index contributed by atoms with van der Waals surface area (Å²) < 4.78 is 5.82. The molecule has 0 spiro atoms. The topological polar surface area (TPSA) is 130 Å². The number of ether oxygens (including phenoxy) is 1. The zero-order chi connectivity index (χ0) is 32.0. The Hall–Kier alpha value is -2.84. The van der Waals surface area contributed by atoms with Crippen LogP contribution in [0.25, 0.3) is 0 Å². The van der Waals surface area contributed by atoms with Crippen molar-refractivity contribution in [2.75, 3.05) is 0 Å². The summed E-state index contributed by atoms with van der Waals surface area (Å²) in [5.74, 6) is -2.69. The van der Waals surface area contributed by atoms with Gasteiger partial charge in [-0.15, -0.1) is 0 Å². The van der Waals surface area contributed by atoms with Gasteiger partial charge in [-0.1, -0.05) is 58.6 Å². The van der Waals surface area contributed by atoms with Crippen molar-refractivity contribution in [3.63, 3.8) is 0 Å². The number of carbonyl (C=O) groups excluding carboxylic acids is 4. The first-order chi connectivity index (χ1) is 19.7. The van der Waals surface area contributed by atoms with Crippen LogP contribution in [0.3, 0.4) is 0 Å². The maximum Gasteiger partial charge on any atom is 0.333 e. The van der Waals surface area contributed by atoms with E-state index in [0.29, 0.717) is 37.7 Å². The van der Waals surface area contributed by atoms with Gasteiger partial charge in [0.05, 0.1) is 18.6 Å². The Balaban J connectivity index is 3.15. The van der Waals surface area contributed by atoms with Gasteiger partial charge in [0.1, 0.15) is 17.7 Å². The highest BCUT2D eigenvalue weighted by Gasteiger charge is 2.28. The van der Waals surface area contributed by atoms with Gasteiger partial charge in [-0.25, -0.2) is 4.79 Å². The largest absolute Gasteiger partial charge is 0.455 e. The van der Waals surface area contributed by atoms with Gasteiger partial charge in [0.25, 0.3) is 0 Å². The molecular formula is C34H53NO7. The summed E-state index contributed by atoms with van der Waals surface area (Å²) in [6.07, 6.45) is 9.10. The number of allylic oxidation sites excluding steroid dienone is 3. The van der Waals surface area contributed by atoms with Gasteiger partial charge < -0.3 is 20.3 Å². The molecule has 0 aromatic rings. The maximum absolute atomic E-state index is 13.0. The van der Waals surface area contributed by atoms with E-state index in [0.717, 1.165) is 5.57 Å². The van der Waals surface area contributed by atoms with E-state index in [4.69, 9.17) is 4.74 Å². The molecule has 0 aliphatic carbocycles. The molecule has 8 heteroatoms. The fraction of sp³-hybridized carbons (Fsp3) is 0.647. The molecule has 1 heterocycles. The summed E-state index contributed by atoms with van der Waals surface area (Å²) in [4.78, 5) is 51.0. The minimum absolute atomic E-state index is 0.0995. The molecule has 42 heavy (non-hydrogen) atoms. The number of aliphatic hydroxyl groups excluding tert-OH is 2. The molecule has 1 aliphatic rings. The van der Waals surface area contributed by atoms with Crippen LogP contribution in [0, 0.1) is 23.7 Å². The first kappa shape index (κ1) is 37.2. The molecule has 1 rings (SSSR count). The molecule has 0 saturated heterocycles. The molecule has 0 fully saturated rings. The van der Waals surface area contributed by atoms with E-state index in [-0.39, 0.29) is 42.3 Å². The van der Waals surface area contributed by atoms with E-state index in [1.807, 2.05) is 26.0 Å². The van der Waals surface area contributed by atoms with Crippen molar-refractivity contribution < 1.29 is 34.1 Å². The van der Waals surface area contributed by atoms with Gasteiger partial charge in [-0.3, -0.25) is 14.4 Å². The molecule has 0 aromatic carbocycles. The standard InChI is InChI=1S/C34H53NO7/c1-9-10-22(3)29(36)17-12-21(2)11-15-28-16-13-23(4)31(38)20-32(39)35-26(7)14-18-30(37)27(8)33(40)24(5)19-25(6)34(41)42-28/h9-11,15,19,21,23-24,26-29,33,36,40H,1,12-14,16-18,20H2,2-8H3,(H,35,39)/b15-11+,22-10+,25-19-/t21-,23-,24+,26+,27+,28-,29-,33+/m1/s1. The predicted molar refractivity (Wildman–Crippen MR) is 165 cm³/mol. The van der Waals surface area contributed by atoms with Crippen LogP contribution in [0.4, 0.5) is 0 Å². The second-order valence-corrected chi connectivity index (χ2v) is 12.1. The molecule has 236 valence electrons. The lowest BCUT2D eigenvalue weighted by Crippen LogP contribution is -2.36. The number of amides is 1. The fourth-order valence-electron chi connectivity index (χ4n) is 4.88. The molecule has 0 radical (unpaired) electrons. The maximum atomic E-state index is 13.0. The number of Topliss-reactive ketones (excluding diaryl/α,β-unsaturated/α-hetero) is 2. The monoisotopic (exact) mass is 587 g/mol. The molecule has 8 nitrogen and oxygen atoms in total. The van der Waals surface area contributed by atoms with Crippen LogP contribution >= 0.6 is 0 Å². The lowest BCUT2D eigenvalue weighted by Gasteiger charge is -2.23. The highest BCUT2D eigenvalue weighted by atomic mass is 16.5. The molecule has 1 aliphatic heterocycles. The van der Waals surface area contributed by atoms with Crippen LogP contribution in [0.1, 0.15) is 93.4 Å². The normalized spacial score (nSPS) is 31.2. The second kappa shape index (κ2) is 18.6. The van der Waals surface area contributed by atoms with Gasteiger partial charge >= 0.3 is 5.97 Å². The van der Waals surface area contributed by atoms with Gasteiger partial charge in [-0.2, -0.15) is 0 Å². The van der Waals surface area contributed by atoms with Crippen molar-refractivity contribution in [2.45, 2.75) is 118 Å². The molecule has 8 atom stereocenters. The van der Waals surface area contributed by atoms with Crippen molar-refractivity contribution in [2.24, 2.45) is 23.7 Å². The van der Waals surface area contributed by atoms with E-state index < -0.39 is 42.0 Å². The Bertz CT molecular complexity index is 1030. The number of esters is 1. The van der Waals surface area contributed by atoms with Gasteiger partial charge in [-0.05, 0) is 70.4 Å². The van der Waals surface area contributed by atoms with Crippen molar-refractivity contribution >= 4 is 23.4 Å². The van der Waals surface area contributed by atoms with Crippen molar-refractivity contribution in [1.82, 2.24) is 5.32 Å². The van der Waals surface area contributed by atoms with Crippen molar-refractivity contribution in [3.8, 4) is 0 Å². The van der Waals surface area contributed by atoms with E-state index in [9.17, 15) is 29.4 Å². The van der Waals surface area contributed by atoms with Crippen molar-refractivity contribution in [1.29, 1.82) is 0 Å². The molecular weight excluding hydrogens is 534 g/mol. The van der Waals surface area contributed by atoms with E-state index >= 15 is 0 Å². The van der Waals surface area contributed by atoms with E-state index in [1.165, 1.54) is 0 Å². The lowest BCUT2D eigenvalue weighted by atomic mass is 9.87. The average Bonchev–Trinajstić information content (AvgIpc) is 2.93. The van der Waals surface area contributed by atoms with Crippen LogP contribution in [0.2, 0.25) is 0 Å². The second-order valence-electron chi connectivity index (χ2n) is 12.1. The first-order valence-electron chi connectivity index (χ1n) is 15.2. The Morgan fingerprint density at radius 3 is 2.40 bits per heavy atom. The number of cyclic esters (lactones) is 1. The molecule has 1 amide bonds.